The summed E-state index contributed by atoms with van der Waals surface area (Å²) in [5, 5.41) is 12.7. The predicted molar refractivity (Wildman–Crippen MR) is 51.1 cm³/mol. The Kier molecular flexibility index (Phi) is 4.02. The Morgan fingerprint density at radius 2 is 2.25 bits per heavy atom. The van der Waals surface area contributed by atoms with Gasteiger partial charge in [0.2, 0.25) is 0 Å². The van der Waals surface area contributed by atoms with Gasteiger partial charge in [-0.1, -0.05) is 20.3 Å². The molecule has 1 rings (SSSR count). The molecule has 2 heteroatoms. The van der Waals surface area contributed by atoms with Crippen LogP contribution in [0, 0.1) is 5.92 Å². The SMILES string of the molecule is CCCC1CC1NCC(O)CC. The van der Waals surface area contributed by atoms with Crippen LogP contribution in [0.25, 0.3) is 0 Å². The second-order valence-electron chi connectivity index (χ2n) is 3.86. The highest BCUT2D eigenvalue weighted by molar-refractivity contribution is 4.92. The van der Waals surface area contributed by atoms with Gasteiger partial charge in [0.25, 0.3) is 0 Å². The highest BCUT2D eigenvalue weighted by Crippen LogP contribution is 2.34. The summed E-state index contributed by atoms with van der Waals surface area (Å²) in [6.07, 6.45) is 4.68. The van der Waals surface area contributed by atoms with E-state index in [2.05, 4.69) is 12.2 Å². The second-order valence-corrected chi connectivity index (χ2v) is 3.86. The zero-order chi connectivity index (χ0) is 8.97. The minimum atomic E-state index is -0.145. The van der Waals surface area contributed by atoms with E-state index < -0.39 is 0 Å². The lowest BCUT2D eigenvalue weighted by molar-refractivity contribution is 0.166. The van der Waals surface area contributed by atoms with Crippen molar-refractivity contribution in [1.29, 1.82) is 0 Å². The second kappa shape index (κ2) is 4.83. The molecular weight excluding hydrogens is 150 g/mol. The van der Waals surface area contributed by atoms with Crippen LogP contribution in [0.4, 0.5) is 0 Å². The van der Waals surface area contributed by atoms with Gasteiger partial charge in [-0.05, 0) is 25.2 Å². The van der Waals surface area contributed by atoms with Crippen LogP contribution in [-0.2, 0) is 0 Å². The van der Waals surface area contributed by atoms with Gasteiger partial charge in [-0.3, -0.25) is 0 Å². The van der Waals surface area contributed by atoms with Crippen molar-refractivity contribution in [3.05, 3.63) is 0 Å². The van der Waals surface area contributed by atoms with Crippen LogP contribution in [-0.4, -0.2) is 23.8 Å². The first-order chi connectivity index (χ1) is 5.77. The number of hydrogen-bond donors (Lipinski definition) is 2. The lowest BCUT2D eigenvalue weighted by atomic mass is 10.2. The van der Waals surface area contributed by atoms with Crippen molar-refractivity contribution < 1.29 is 5.11 Å². The van der Waals surface area contributed by atoms with Crippen molar-refractivity contribution in [2.24, 2.45) is 5.92 Å². The molecule has 2 N–H and O–H groups in total. The van der Waals surface area contributed by atoms with E-state index in [0.29, 0.717) is 6.04 Å². The van der Waals surface area contributed by atoms with Crippen LogP contribution in [0.2, 0.25) is 0 Å². The first-order valence-corrected chi connectivity index (χ1v) is 5.19. The zero-order valence-corrected chi connectivity index (χ0v) is 8.21. The summed E-state index contributed by atoms with van der Waals surface area (Å²) in [7, 11) is 0. The maximum absolute atomic E-state index is 9.29. The molecule has 0 aromatic carbocycles. The fourth-order valence-electron chi connectivity index (χ4n) is 1.62. The summed E-state index contributed by atoms with van der Waals surface area (Å²) < 4.78 is 0. The van der Waals surface area contributed by atoms with Crippen LogP contribution in [0.5, 0.6) is 0 Å². The molecule has 0 amide bonds. The van der Waals surface area contributed by atoms with Gasteiger partial charge in [0.15, 0.2) is 0 Å². The molecule has 72 valence electrons. The Morgan fingerprint density at radius 3 is 2.83 bits per heavy atom. The molecule has 3 unspecified atom stereocenters. The molecule has 0 bridgehead atoms. The van der Waals surface area contributed by atoms with E-state index in [9.17, 15) is 5.11 Å². The van der Waals surface area contributed by atoms with E-state index >= 15 is 0 Å². The molecule has 0 aliphatic heterocycles. The van der Waals surface area contributed by atoms with E-state index in [4.69, 9.17) is 0 Å². The smallest absolute Gasteiger partial charge is 0.0662 e. The van der Waals surface area contributed by atoms with Crippen LogP contribution in [0.3, 0.4) is 0 Å². The average molecular weight is 171 g/mol. The number of rotatable bonds is 6. The number of aliphatic hydroxyl groups excluding tert-OH is 1. The molecule has 1 aliphatic rings. The van der Waals surface area contributed by atoms with Crippen molar-refractivity contribution in [2.45, 2.75) is 51.7 Å². The summed E-state index contributed by atoms with van der Waals surface area (Å²) >= 11 is 0. The third-order valence-electron chi connectivity index (χ3n) is 2.67. The summed E-state index contributed by atoms with van der Waals surface area (Å²) in [6, 6.07) is 0.714. The lowest BCUT2D eigenvalue weighted by Gasteiger charge is -2.08. The Hall–Kier alpha value is -0.0800. The van der Waals surface area contributed by atoms with E-state index in [1.165, 1.54) is 19.3 Å². The van der Waals surface area contributed by atoms with Gasteiger partial charge in [0.1, 0.15) is 0 Å². The molecule has 0 aromatic heterocycles. The molecule has 0 saturated heterocycles. The quantitative estimate of drug-likeness (QED) is 0.635. The molecule has 3 atom stereocenters. The molecule has 1 aliphatic carbocycles. The monoisotopic (exact) mass is 171 g/mol. The van der Waals surface area contributed by atoms with Gasteiger partial charge in [0.05, 0.1) is 6.10 Å². The topological polar surface area (TPSA) is 32.3 Å². The summed E-state index contributed by atoms with van der Waals surface area (Å²) in [4.78, 5) is 0. The van der Waals surface area contributed by atoms with Crippen molar-refractivity contribution in [1.82, 2.24) is 5.32 Å². The van der Waals surface area contributed by atoms with Gasteiger partial charge in [-0.25, -0.2) is 0 Å². The predicted octanol–water partition coefficient (Wildman–Crippen LogP) is 1.54. The molecule has 0 aromatic rings. The maximum Gasteiger partial charge on any atom is 0.0662 e. The number of aliphatic hydroxyl groups is 1. The number of hydrogen-bond acceptors (Lipinski definition) is 2. The highest BCUT2D eigenvalue weighted by atomic mass is 16.3. The van der Waals surface area contributed by atoms with Crippen LogP contribution >= 0.6 is 0 Å². The first kappa shape index (κ1) is 10.0. The van der Waals surface area contributed by atoms with Crippen LogP contribution in [0.1, 0.15) is 39.5 Å². The fraction of sp³-hybridized carbons (Fsp3) is 1.00. The van der Waals surface area contributed by atoms with E-state index in [1.807, 2.05) is 6.92 Å². The molecule has 2 nitrogen and oxygen atoms in total. The molecule has 12 heavy (non-hydrogen) atoms. The molecule has 0 spiro atoms. The average Bonchev–Trinajstić information content (AvgIpc) is 2.80. The Labute approximate surface area is 75.4 Å². The maximum atomic E-state index is 9.29. The van der Waals surface area contributed by atoms with Gasteiger partial charge < -0.3 is 10.4 Å². The third kappa shape index (κ3) is 3.11. The Morgan fingerprint density at radius 1 is 1.50 bits per heavy atom. The van der Waals surface area contributed by atoms with Gasteiger partial charge in [-0.15, -0.1) is 0 Å². The number of nitrogens with one attached hydrogen (secondary N) is 1. The summed E-state index contributed by atoms with van der Waals surface area (Å²) in [5.74, 6) is 0.902. The van der Waals surface area contributed by atoms with E-state index in [1.54, 1.807) is 0 Å². The van der Waals surface area contributed by atoms with Crippen molar-refractivity contribution >= 4 is 0 Å². The molecule has 1 fully saturated rings. The van der Waals surface area contributed by atoms with Gasteiger partial charge in [0, 0.05) is 12.6 Å². The minimum absolute atomic E-state index is 0.145. The first-order valence-electron chi connectivity index (χ1n) is 5.19. The molecular formula is C10H21NO. The molecule has 0 radical (unpaired) electrons. The van der Waals surface area contributed by atoms with Crippen molar-refractivity contribution in [3.8, 4) is 0 Å². The standard InChI is InChI=1S/C10H21NO/c1-3-5-8-6-10(8)11-7-9(12)4-2/h8-12H,3-7H2,1-2H3. The zero-order valence-electron chi connectivity index (χ0n) is 8.21. The Balaban J connectivity index is 1.96. The minimum Gasteiger partial charge on any atom is -0.392 e. The Bertz CT molecular complexity index is 127. The largest absolute Gasteiger partial charge is 0.392 e. The molecule has 0 heterocycles. The molecule has 1 saturated carbocycles. The van der Waals surface area contributed by atoms with Crippen molar-refractivity contribution in [2.75, 3.05) is 6.54 Å². The summed E-state index contributed by atoms with van der Waals surface area (Å²) in [5.41, 5.74) is 0. The lowest BCUT2D eigenvalue weighted by Crippen LogP contribution is -2.28. The van der Waals surface area contributed by atoms with Crippen LogP contribution in [0.15, 0.2) is 0 Å². The van der Waals surface area contributed by atoms with Gasteiger partial charge >= 0.3 is 0 Å². The third-order valence-corrected chi connectivity index (χ3v) is 2.67. The van der Waals surface area contributed by atoms with Crippen LogP contribution < -0.4 is 5.32 Å². The summed E-state index contributed by atoms with van der Waals surface area (Å²) in [6.45, 7) is 5.03. The van der Waals surface area contributed by atoms with E-state index in [0.717, 1.165) is 18.9 Å². The van der Waals surface area contributed by atoms with Gasteiger partial charge in [-0.2, -0.15) is 0 Å². The highest BCUT2D eigenvalue weighted by Gasteiger charge is 2.35. The normalized spacial score (nSPS) is 30.2. The van der Waals surface area contributed by atoms with Crippen molar-refractivity contribution in [3.63, 3.8) is 0 Å². The fourth-order valence-corrected chi connectivity index (χ4v) is 1.62. The van der Waals surface area contributed by atoms with E-state index in [-0.39, 0.29) is 6.10 Å².